The number of fused-ring (bicyclic) bond motifs is 1. The fraction of sp³-hybridized carbons (Fsp3) is 0.306. The number of carbonyl (C=O) groups excluding carboxylic acids is 2. The van der Waals surface area contributed by atoms with Gasteiger partial charge in [0.15, 0.2) is 0 Å². The maximum Gasteiger partial charge on any atom is 0.232 e. The monoisotopic (exact) mass is 594 g/mol. The second-order valence-corrected chi connectivity index (χ2v) is 12.0. The van der Waals surface area contributed by atoms with Crippen molar-refractivity contribution in [2.45, 2.75) is 58.7 Å². The average Bonchev–Trinajstić information content (AvgIpc) is 2.99. The number of amides is 1. The lowest BCUT2D eigenvalue weighted by Gasteiger charge is -2.39. The molecule has 0 radical (unpaired) electrons. The van der Waals surface area contributed by atoms with Crippen LogP contribution in [0.25, 0.3) is 0 Å². The number of ketones is 1. The van der Waals surface area contributed by atoms with Gasteiger partial charge in [0.1, 0.15) is 5.78 Å². The Morgan fingerprint density at radius 1 is 0.977 bits per heavy atom. The molecule has 0 N–H and O–H groups in total. The molecule has 2 heterocycles. The van der Waals surface area contributed by atoms with E-state index in [4.69, 9.17) is 11.6 Å². The lowest BCUT2D eigenvalue weighted by molar-refractivity contribution is -0.119. The van der Waals surface area contributed by atoms with E-state index in [-0.39, 0.29) is 23.8 Å². The van der Waals surface area contributed by atoms with Gasteiger partial charge in [0.2, 0.25) is 5.91 Å². The zero-order chi connectivity index (χ0) is 30.5. The average molecular weight is 595 g/mol. The Labute approximate surface area is 259 Å². The fourth-order valence-electron chi connectivity index (χ4n) is 5.88. The number of Topliss-reactive ketones (excluding diaryl/α,β-unsaturated/α-hetero) is 1. The minimum Gasteiger partial charge on any atom is -0.370 e. The van der Waals surface area contributed by atoms with Gasteiger partial charge < -0.3 is 19.5 Å². The van der Waals surface area contributed by atoms with Crippen LogP contribution in [-0.2, 0) is 22.6 Å². The first-order chi connectivity index (χ1) is 20.7. The van der Waals surface area contributed by atoms with Crippen LogP contribution in [0.4, 0.5) is 17.1 Å². The third-order valence-electron chi connectivity index (χ3n) is 8.10. The minimum atomic E-state index is -0.305. The molecule has 1 aliphatic heterocycles. The van der Waals surface area contributed by atoms with Gasteiger partial charge in [-0.1, -0.05) is 29.8 Å². The second-order valence-electron chi connectivity index (χ2n) is 11.6. The van der Waals surface area contributed by atoms with Crippen molar-refractivity contribution >= 4 is 40.4 Å². The summed E-state index contributed by atoms with van der Waals surface area (Å²) in [4.78, 5) is 36.0. The minimum absolute atomic E-state index is 0.0558. The number of carbonyl (C=O) groups is 2. The van der Waals surface area contributed by atoms with Gasteiger partial charge >= 0.3 is 0 Å². The number of nitrogens with zero attached hydrogens (tertiary/aromatic N) is 4. The van der Waals surface area contributed by atoms with Crippen molar-refractivity contribution in [3.05, 3.63) is 119 Å². The maximum absolute atomic E-state index is 13.8. The molecule has 1 amide bonds. The van der Waals surface area contributed by atoms with Crippen LogP contribution in [0.15, 0.2) is 91.3 Å². The van der Waals surface area contributed by atoms with Gasteiger partial charge in [-0.3, -0.25) is 9.78 Å². The topological polar surface area (TPSA) is 56.8 Å². The number of halogens is 1. The Balaban J connectivity index is 1.51. The standard InChI is InChI=1S/C36H39ClN4O2/c1-25(2)40(21-5-6-26(3)42)33-12-9-29-22-35(43)41(36(34(29)23-33)28-7-10-30(37)11-8-28)32-15-13-31(14-16-32)39(4)24-27-17-19-38-20-18-27/h7-20,23,25,36H,5-6,21-22,24H2,1-4H3. The summed E-state index contributed by atoms with van der Waals surface area (Å²) in [5.74, 6) is 0.265. The van der Waals surface area contributed by atoms with Crippen molar-refractivity contribution in [2.75, 3.05) is 28.3 Å². The molecule has 222 valence electrons. The van der Waals surface area contributed by atoms with Crippen LogP contribution in [-0.4, -0.2) is 36.3 Å². The first-order valence-electron chi connectivity index (χ1n) is 14.9. The van der Waals surface area contributed by atoms with Crippen LogP contribution >= 0.6 is 11.6 Å². The summed E-state index contributed by atoms with van der Waals surface area (Å²) in [6.07, 6.45) is 5.31. The van der Waals surface area contributed by atoms with Crippen molar-refractivity contribution in [3.8, 4) is 0 Å². The van der Waals surface area contributed by atoms with E-state index >= 15 is 0 Å². The van der Waals surface area contributed by atoms with Crippen molar-refractivity contribution < 1.29 is 9.59 Å². The normalized spacial score (nSPS) is 14.5. The predicted octanol–water partition coefficient (Wildman–Crippen LogP) is 7.63. The molecule has 0 saturated heterocycles. The number of aromatic nitrogens is 1. The van der Waals surface area contributed by atoms with Gasteiger partial charge in [0, 0.05) is 67.1 Å². The van der Waals surface area contributed by atoms with Crippen molar-refractivity contribution in [1.29, 1.82) is 0 Å². The van der Waals surface area contributed by atoms with Crippen LogP contribution in [0.1, 0.15) is 61.9 Å². The Bertz CT molecular complexity index is 1550. The summed E-state index contributed by atoms with van der Waals surface area (Å²) in [6, 6.07) is 26.5. The molecule has 1 atom stereocenters. The van der Waals surface area contributed by atoms with Crippen LogP contribution < -0.4 is 14.7 Å². The highest BCUT2D eigenvalue weighted by atomic mass is 35.5. The Morgan fingerprint density at radius 3 is 2.30 bits per heavy atom. The summed E-state index contributed by atoms with van der Waals surface area (Å²) in [7, 11) is 2.06. The molecule has 0 fully saturated rings. The summed E-state index contributed by atoms with van der Waals surface area (Å²) in [5.41, 5.74) is 7.33. The Morgan fingerprint density at radius 2 is 1.65 bits per heavy atom. The molecule has 1 aromatic heterocycles. The number of anilines is 3. The third kappa shape index (κ3) is 7.08. The van der Waals surface area contributed by atoms with Gasteiger partial charge in [-0.15, -0.1) is 0 Å². The second kappa shape index (κ2) is 13.4. The van der Waals surface area contributed by atoms with E-state index in [0.717, 1.165) is 53.3 Å². The van der Waals surface area contributed by atoms with E-state index in [1.807, 2.05) is 53.4 Å². The van der Waals surface area contributed by atoms with Gasteiger partial charge in [-0.05, 0) is 110 Å². The molecular formula is C36H39ClN4O2. The Hall–Kier alpha value is -4.16. The first kappa shape index (κ1) is 30.3. The molecular weight excluding hydrogens is 556 g/mol. The van der Waals surface area contributed by atoms with E-state index < -0.39 is 0 Å². The van der Waals surface area contributed by atoms with Gasteiger partial charge in [0.25, 0.3) is 0 Å². The van der Waals surface area contributed by atoms with Gasteiger partial charge in [0.05, 0.1) is 12.5 Å². The molecule has 43 heavy (non-hydrogen) atoms. The van der Waals surface area contributed by atoms with Crippen molar-refractivity contribution in [3.63, 3.8) is 0 Å². The van der Waals surface area contributed by atoms with E-state index in [1.165, 1.54) is 5.56 Å². The smallest absolute Gasteiger partial charge is 0.232 e. The third-order valence-corrected chi connectivity index (χ3v) is 8.35. The number of hydrogen-bond donors (Lipinski definition) is 0. The molecule has 1 aliphatic rings. The van der Waals surface area contributed by atoms with E-state index in [2.05, 4.69) is 66.0 Å². The SMILES string of the molecule is CC(=O)CCCN(c1ccc2c(c1)C(c1ccc(Cl)cc1)N(c1ccc(N(C)Cc3ccncc3)cc1)C(=O)C2)C(C)C. The zero-order valence-electron chi connectivity index (χ0n) is 25.3. The molecule has 6 nitrogen and oxygen atoms in total. The zero-order valence-corrected chi connectivity index (χ0v) is 26.1. The molecule has 3 aromatic carbocycles. The molecule has 4 aromatic rings. The summed E-state index contributed by atoms with van der Waals surface area (Å²) in [5, 5.41) is 0.657. The van der Waals surface area contributed by atoms with E-state index in [9.17, 15) is 9.59 Å². The molecule has 0 bridgehead atoms. The fourth-order valence-corrected chi connectivity index (χ4v) is 6.01. The number of hydrogen-bond acceptors (Lipinski definition) is 5. The highest BCUT2D eigenvalue weighted by molar-refractivity contribution is 6.30. The van der Waals surface area contributed by atoms with Gasteiger partial charge in [-0.2, -0.15) is 0 Å². The largest absolute Gasteiger partial charge is 0.370 e. The molecule has 1 unspecified atom stereocenters. The molecule has 0 spiro atoms. The maximum atomic E-state index is 13.8. The molecule has 0 saturated carbocycles. The predicted molar refractivity (Wildman–Crippen MR) is 176 cm³/mol. The molecule has 0 aliphatic carbocycles. The van der Waals surface area contributed by atoms with Crippen LogP contribution in [0.5, 0.6) is 0 Å². The number of benzene rings is 3. The quantitative estimate of drug-likeness (QED) is 0.179. The summed E-state index contributed by atoms with van der Waals surface area (Å²) >= 11 is 6.29. The molecule has 7 heteroatoms. The van der Waals surface area contributed by atoms with E-state index in [0.29, 0.717) is 17.9 Å². The summed E-state index contributed by atoms with van der Waals surface area (Å²) < 4.78 is 0. The first-order valence-corrected chi connectivity index (χ1v) is 15.3. The van der Waals surface area contributed by atoms with Gasteiger partial charge in [-0.25, -0.2) is 0 Å². The Kier molecular flexibility index (Phi) is 9.46. The number of pyridine rings is 1. The summed E-state index contributed by atoms with van der Waals surface area (Å²) in [6.45, 7) is 7.54. The lowest BCUT2D eigenvalue weighted by Crippen LogP contribution is -2.41. The van der Waals surface area contributed by atoms with E-state index in [1.54, 1.807) is 19.3 Å². The van der Waals surface area contributed by atoms with Crippen molar-refractivity contribution in [1.82, 2.24) is 4.98 Å². The van der Waals surface area contributed by atoms with Crippen LogP contribution in [0, 0.1) is 0 Å². The highest BCUT2D eigenvalue weighted by Gasteiger charge is 2.35. The number of rotatable bonds is 11. The molecule has 5 rings (SSSR count). The van der Waals surface area contributed by atoms with Crippen LogP contribution in [0.3, 0.4) is 0 Å². The lowest BCUT2D eigenvalue weighted by atomic mass is 9.86. The highest BCUT2D eigenvalue weighted by Crippen LogP contribution is 2.41. The van der Waals surface area contributed by atoms with Crippen molar-refractivity contribution in [2.24, 2.45) is 0 Å². The van der Waals surface area contributed by atoms with Crippen LogP contribution in [0.2, 0.25) is 5.02 Å².